The molecule has 0 radical (unpaired) electrons. The molecule has 1 aliphatic heterocycles. The highest BCUT2D eigenvalue weighted by atomic mass is 35.5. The Morgan fingerprint density at radius 3 is 3.07 bits per heavy atom. The van der Waals surface area contributed by atoms with Gasteiger partial charge in [-0.3, -0.25) is 0 Å². The molecule has 1 aromatic rings. The fraction of sp³-hybridized carbons (Fsp3) is 0.500. The van der Waals surface area contributed by atoms with Crippen molar-refractivity contribution in [3.63, 3.8) is 0 Å². The lowest BCUT2D eigenvalue weighted by atomic mass is 10.2. The van der Waals surface area contributed by atoms with E-state index in [0.717, 1.165) is 11.6 Å². The molecule has 82 valence electrons. The van der Waals surface area contributed by atoms with Crippen LogP contribution in [0.3, 0.4) is 0 Å². The summed E-state index contributed by atoms with van der Waals surface area (Å²) in [6, 6.07) is 2.30. The highest BCUT2D eigenvalue weighted by molar-refractivity contribution is 7.99. The third-order valence-corrected chi connectivity index (χ3v) is 4.00. The predicted molar refractivity (Wildman–Crippen MR) is 67.8 cm³/mol. The van der Waals surface area contributed by atoms with Gasteiger partial charge in [-0.05, 0) is 18.2 Å². The number of pyridine rings is 1. The predicted octanol–water partition coefficient (Wildman–Crippen LogP) is 2.26. The van der Waals surface area contributed by atoms with E-state index in [1.165, 1.54) is 12.2 Å². The van der Waals surface area contributed by atoms with E-state index < -0.39 is 0 Å². The van der Waals surface area contributed by atoms with Gasteiger partial charge in [-0.15, -0.1) is 0 Å². The Morgan fingerprint density at radius 2 is 2.47 bits per heavy atom. The summed E-state index contributed by atoms with van der Waals surface area (Å²) < 4.78 is 0. The number of hydrogen-bond donors (Lipinski definition) is 1. The Morgan fingerprint density at radius 1 is 1.67 bits per heavy atom. The molecule has 5 heteroatoms. The largest absolute Gasteiger partial charge is 0.396 e. The summed E-state index contributed by atoms with van der Waals surface area (Å²) in [5.74, 6) is 3.22. The van der Waals surface area contributed by atoms with Crippen LogP contribution in [-0.2, 0) is 0 Å². The van der Waals surface area contributed by atoms with Crippen LogP contribution in [0, 0.1) is 0 Å². The first-order valence-electron chi connectivity index (χ1n) is 4.90. The van der Waals surface area contributed by atoms with Gasteiger partial charge in [-0.1, -0.05) is 11.6 Å². The van der Waals surface area contributed by atoms with Crippen molar-refractivity contribution in [3.05, 3.63) is 17.3 Å². The molecule has 0 bridgehead atoms. The van der Waals surface area contributed by atoms with Crippen LogP contribution in [0.1, 0.15) is 6.42 Å². The van der Waals surface area contributed by atoms with Gasteiger partial charge in [-0.25, -0.2) is 4.98 Å². The maximum absolute atomic E-state index is 5.89. The molecule has 1 unspecified atom stereocenters. The Labute approximate surface area is 99.0 Å². The molecule has 1 aliphatic rings. The van der Waals surface area contributed by atoms with Gasteiger partial charge >= 0.3 is 0 Å². The molecule has 0 spiro atoms. The summed E-state index contributed by atoms with van der Waals surface area (Å²) >= 11 is 7.79. The number of nitrogen functional groups attached to an aromatic ring is 1. The van der Waals surface area contributed by atoms with Crippen LogP contribution in [0.5, 0.6) is 0 Å². The number of aromatic nitrogens is 1. The molecule has 15 heavy (non-hydrogen) atoms. The lowest BCUT2D eigenvalue weighted by molar-refractivity contribution is 0.693. The quantitative estimate of drug-likeness (QED) is 0.865. The van der Waals surface area contributed by atoms with Gasteiger partial charge in [-0.2, -0.15) is 11.8 Å². The molecule has 1 saturated heterocycles. The van der Waals surface area contributed by atoms with Crippen molar-refractivity contribution in [1.82, 2.24) is 4.98 Å². The maximum Gasteiger partial charge on any atom is 0.151 e. The fourth-order valence-electron chi connectivity index (χ4n) is 1.74. The first-order chi connectivity index (χ1) is 7.18. The third-order valence-electron chi connectivity index (χ3n) is 2.65. The Balaban J connectivity index is 2.20. The number of nitrogens with two attached hydrogens (primary N) is 1. The van der Waals surface area contributed by atoms with E-state index >= 15 is 0 Å². The number of anilines is 2. The molecule has 3 nitrogen and oxygen atoms in total. The Hall–Kier alpha value is -0.610. The number of halogens is 1. The maximum atomic E-state index is 5.89. The third kappa shape index (κ3) is 2.32. The van der Waals surface area contributed by atoms with E-state index in [4.69, 9.17) is 17.3 Å². The Kier molecular flexibility index (Phi) is 3.26. The average molecular weight is 244 g/mol. The van der Waals surface area contributed by atoms with E-state index in [9.17, 15) is 0 Å². The van der Waals surface area contributed by atoms with Crippen LogP contribution < -0.4 is 10.6 Å². The molecule has 2 heterocycles. The first kappa shape index (κ1) is 10.9. The van der Waals surface area contributed by atoms with Gasteiger partial charge in [0.25, 0.3) is 0 Å². The van der Waals surface area contributed by atoms with Gasteiger partial charge in [0.15, 0.2) is 5.82 Å². The molecule has 1 aromatic heterocycles. The standard InChI is InChI=1S/C10H14ClN3S/c1-14(8-2-3-15-6-8)10-9(12)4-7(11)5-13-10/h4-5,8H,2-3,6,12H2,1H3. The topological polar surface area (TPSA) is 42.2 Å². The lowest BCUT2D eigenvalue weighted by Crippen LogP contribution is -2.32. The lowest BCUT2D eigenvalue weighted by Gasteiger charge is -2.25. The molecule has 0 amide bonds. The minimum absolute atomic E-state index is 0.547. The second-order valence-corrected chi connectivity index (χ2v) is 5.28. The minimum Gasteiger partial charge on any atom is -0.396 e. The first-order valence-corrected chi connectivity index (χ1v) is 6.43. The normalized spacial score (nSPS) is 20.5. The number of nitrogens with zero attached hydrogens (tertiary/aromatic N) is 2. The highest BCUT2D eigenvalue weighted by Gasteiger charge is 2.22. The van der Waals surface area contributed by atoms with E-state index in [1.807, 2.05) is 18.8 Å². The van der Waals surface area contributed by atoms with Gasteiger partial charge in [0.05, 0.1) is 10.7 Å². The molecule has 2 N–H and O–H groups in total. The number of rotatable bonds is 2. The monoisotopic (exact) mass is 243 g/mol. The zero-order valence-electron chi connectivity index (χ0n) is 8.61. The highest BCUT2D eigenvalue weighted by Crippen LogP contribution is 2.29. The van der Waals surface area contributed by atoms with Crippen molar-refractivity contribution in [3.8, 4) is 0 Å². The summed E-state index contributed by atoms with van der Waals surface area (Å²) in [6.45, 7) is 0. The van der Waals surface area contributed by atoms with E-state index in [1.54, 1.807) is 12.3 Å². The van der Waals surface area contributed by atoms with E-state index in [-0.39, 0.29) is 0 Å². The molecular weight excluding hydrogens is 230 g/mol. The van der Waals surface area contributed by atoms with Crippen molar-refractivity contribution >= 4 is 34.9 Å². The van der Waals surface area contributed by atoms with Crippen LogP contribution >= 0.6 is 23.4 Å². The minimum atomic E-state index is 0.547. The second kappa shape index (κ2) is 4.49. The van der Waals surface area contributed by atoms with E-state index in [0.29, 0.717) is 16.8 Å². The van der Waals surface area contributed by atoms with Crippen molar-refractivity contribution < 1.29 is 0 Å². The van der Waals surface area contributed by atoms with Crippen LogP contribution in [-0.4, -0.2) is 29.6 Å². The molecule has 0 aliphatic carbocycles. The molecule has 2 rings (SSSR count). The summed E-state index contributed by atoms with van der Waals surface area (Å²) in [5, 5.41) is 0.588. The summed E-state index contributed by atoms with van der Waals surface area (Å²) in [4.78, 5) is 6.44. The fourth-order valence-corrected chi connectivity index (χ4v) is 3.18. The zero-order valence-corrected chi connectivity index (χ0v) is 10.2. The second-order valence-electron chi connectivity index (χ2n) is 3.69. The molecule has 1 atom stereocenters. The SMILES string of the molecule is CN(c1ncc(Cl)cc1N)C1CCSC1. The number of thioether (sulfide) groups is 1. The van der Waals surface area contributed by atoms with Crippen LogP contribution in [0.4, 0.5) is 11.5 Å². The number of hydrogen-bond acceptors (Lipinski definition) is 4. The van der Waals surface area contributed by atoms with Crippen molar-refractivity contribution in [2.75, 3.05) is 29.2 Å². The summed E-state index contributed by atoms with van der Waals surface area (Å²) in [6.07, 6.45) is 2.84. The molecule has 1 fully saturated rings. The van der Waals surface area contributed by atoms with Gasteiger partial charge in [0, 0.05) is 25.0 Å². The summed E-state index contributed by atoms with van der Waals surface area (Å²) in [7, 11) is 2.04. The average Bonchev–Trinajstić information content (AvgIpc) is 2.69. The Bertz CT molecular complexity index is 353. The smallest absolute Gasteiger partial charge is 0.151 e. The van der Waals surface area contributed by atoms with Crippen molar-refractivity contribution in [2.24, 2.45) is 0 Å². The van der Waals surface area contributed by atoms with Crippen molar-refractivity contribution in [2.45, 2.75) is 12.5 Å². The van der Waals surface area contributed by atoms with Gasteiger partial charge < -0.3 is 10.6 Å². The summed E-state index contributed by atoms with van der Waals surface area (Å²) in [5.41, 5.74) is 6.55. The van der Waals surface area contributed by atoms with Crippen molar-refractivity contribution in [1.29, 1.82) is 0 Å². The van der Waals surface area contributed by atoms with Crippen LogP contribution in [0.2, 0.25) is 5.02 Å². The van der Waals surface area contributed by atoms with Crippen LogP contribution in [0.25, 0.3) is 0 Å². The zero-order chi connectivity index (χ0) is 10.8. The molecule has 0 saturated carbocycles. The molecular formula is C10H14ClN3S. The van der Waals surface area contributed by atoms with Gasteiger partial charge in [0.2, 0.25) is 0 Å². The van der Waals surface area contributed by atoms with E-state index in [2.05, 4.69) is 9.88 Å². The van der Waals surface area contributed by atoms with Crippen LogP contribution in [0.15, 0.2) is 12.3 Å². The molecule has 0 aromatic carbocycles. The van der Waals surface area contributed by atoms with Gasteiger partial charge in [0.1, 0.15) is 0 Å².